The van der Waals surface area contributed by atoms with Gasteiger partial charge in [-0.1, -0.05) is 49.4 Å². The van der Waals surface area contributed by atoms with Crippen LogP contribution in [0.3, 0.4) is 0 Å². The van der Waals surface area contributed by atoms with Crippen molar-refractivity contribution in [2.45, 2.75) is 44.7 Å². The number of nitrogens with zero attached hydrogens (tertiary/aromatic N) is 5. The number of H-pyrrole nitrogens is 1. The number of rotatable bonds is 6. The van der Waals surface area contributed by atoms with Gasteiger partial charge in [-0.3, -0.25) is 14.3 Å². The van der Waals surface area contributed by atoms with Crippen molar-refractivity contribution >= 4 is 32.7 Å². The van der Waals surface area contributed by atoms with Crippen LogP contribution in [0.2, 0.25) is 0 Å². The van der Waals surface area contributed by atoms with E-state index in [1.54, 1.807) is 5.51 Å². The van der Waals surface area contributed by atoms with Crippen molar-refractivity contribution in [1.82, 2.24) is 29.4 Å². The Morgan fingerprint density at radius 3 is 2.60 bits per heavy atom. The summed E-state index contributed by atoms with van der Waals surface area (Å²) in [6.45, 7) is 4.58. The summed E-state index contributed by atoms with van der Waals surface area (Å²) in [6, 6.07) is 18.4. The number of aromatic amines is 1. The lowest BCUT2D eigenvalue weighted by atomic mass is 9.94. The molecule has 6 rings (SSSR count). The molecule has 0 saturated carbocycles. The number of imidazole rings is 1. The Kier molecular flexibility index (Phi) is 5.91. The zero-order chi connectivity index (χ0) is 23.8. The average Bonchev–Trinajstić information content (AvgIpc) is 3.55. The van der Waals surface area contributed by atoms with Crippen LogP contribution in [0.15, 0.2) is 64.9 Å². The molecule has 0 radical (unpaired) electrons. The third-order valence-electron chi connectivity index (χ3n) is 7.12. The number of piperidine rings is 1. The SMILES string of the molecule is CCC(c1nc2scnc2c(=O)n1Cc1ccccc1)N1CCC(c2nc3ccccc3[nH]2)CC1. The van der Waals surface area contributed by atoms with E-state index in [1.165, 1.54) is 11.3 Å². The number of nitrogens with one attached hydrogen (secondary N) is 1. The first kappa shape index (κ1) is 22.1. The number of thiazole rings is 1. The zero-order valence-electron chi connectivity index (χ0n) is 19.7. The minimum atomic E-state index is -0.0503. The van der Waals surface area contributed by atoms with Crippen LogP contribution >= 0.6 is 11.3 Å². The lowest BCUT2D eigenvalue weighted by Crippen LogP contribution is -2.39. The van der Waals surface area contributed by atoms with Crippen molar-refractivity contribution in [3.05, 3.63) is 87.7 Å². The average molecular weight is 485 g/mol. The van der Waals surface area contributed by atoms with Crippen LogP contribution in [0.25, 0.3) is 21.4 Å². The molecule has 1 aliphatic rings. The van der Waals surface area contributed by atoms with Crippen molar-refractivity contribution in [3.8, 4) is 0 Å². The fraction of sp³-hybridized carbons (Fsp3) is 0.333. The predicted molar refractivity (Wildman–Crippen MR) is 140 cm³/mol. The Bertz CT molecular complexity index is 1480. The second-order valence-corrected chi connectivity index (χ2v) is 10.1. The van der Waals surface area contributed by atoms with Crippen molar-refractivity contribution in [3.63, 3.8) is 0 Å². The Labute approximate surface area is 207 Å². The molecule has 35 heavy (non-hydrogen) atoms. The monoisotopic (exact) mass is 484 g/mol. The molecule has 3 aromatic heterocycles. The minimum Gasteiger partial charge on any atom is -0.342 e. The highest BCUT2D eigenvalue weighted by molar-refractivity contribution is 7.16. The molecule has 2 aromatic carbocycles. The van der Waals surface area contributed by atoms with Gasteiger partial charge in [0.15, 0.2) is 10.3 Å². The highest BCUT2D eigenvalue weighted by Gasteiger charge is 2.30. The van der Waals surface area contributed by atoms with Crippen molar-refractivity contribution < 1.29 is 0 Å². The smallest absolute Gasteiger partial charge is 0.281 e. The molecule has 0 amide bonds. The fourth-order valence-electron chi connectivity index (χ4n) is 5.29. The normalized spacial score (nSPS) is 16.3. The number of para-hydroxylation sites is 2. The lowest BCUT2D eigenvalue weighted by molar-refractivity contribution is 0.137. The quantitative estimate of drug-likeness (QED) is 0.362. The third kappa shape index (κ3) is 4.17. The number of hydrogen-bond donors (Lipinski definition) is 1. The van der Waals surface area contributed by atoms with Gasteiger partial charge in [0.2, 0.25) is 0 Å². The summed E-state index contributed by atoms with van der Waals surface area (Å²) in [5.74, 6) is 2.35. The summed E-state index contributed by atoms with van der Waals surface area (Å²) in [7, 11) is 0. The molecule has 0 spiro atoms. The Morgan fingerprint density at radius 1 is 1.06 bits per heavy atom. The van der Waals surface area contributed by atoms with Crippen molar-refractivity contribution in [1.29, 1.82) is 0 Å². The highest BCUT2D eigenvalue weighted by Crippen LogP contribution is 2.33. The first-order valence-electron chi connectivity index (χ1n) is 12.3. The molecule has 0 aliphatic carbocycles. The standard InChI is InChI=1S/C27H28N6OS/c1-2-22(32-14-12-19(13-15-32)24-29-20-10-6-7-11-21(20)30-24)25-31-26-23(28-17-35-26)27(34)33(25)16-18-8-4-3-5-9-18/h3-11,17,19,22H,2,12-16H2,1H3,(H,29,30). The van der Waals surface area contributed by atoms with Gasteiger partial charge in [-0.15, -0.1) is 11.3 Å². The molecule has 7 nitrogen and oxygen atoms in total. The highest BCUT2D eigenvalue weighted by atomic mass is 32.1. The van der Waals surface area contributed by atoms with Gasteiger partial charge in [-0.05, 0) is 50.0 Å². The first-order valence-corrected chi connectivity index (χ1v) is 13.2. The maximum Gasteiger partial charge on any atom is 0.281 e. The van der Waals surface area contributed by atoms with E-state index < -0.39 is 0 Å². The number of fused-ring (bicyclic) bond motifs is 2. The zero-order valence-corrected chi connectivity index (χ0v) is 20.5. The summed E-state index contributed by atoms with van der Waals surface area (Å²) >= 11 is 1.44. The van der Waals surface area contributed by atoms with Crippen LogP contribution < -0.4 is 5.56 Å². The van der Waals surface area contributed by atoms with E-state index in [-0.39, 0.29) is 11.6 Å². The molecule has 1 fully saturated rings. The van der Waals surface area contributed by atoms with Crippen LogP contribution in [0, 0.1) is 0 Å². The van der Waals surface area contributed by atoms with Gasteiger partial charge in [0.25, 0.3) is 5.56 Å². The third-order valence-corrected chi connectivity index (χ3v) is 7.84. The van der Waals surface area contributed by atoms with Gasteiger partial charge in [-0.2, -0.15) is 0 Å². The molecule has 1 unspecified atom stereocenters. The fourth-order valence-corrected chi connectivity index (χ4v) is 5.95. The molecule has 0 bridgehead atoms. The number of likely N-dealkylation sites (tertiary alicyclic amines) is 1. The summed E-state index contributed by atoms with van der Waals surface area (Å²) in [6.07, 6.45) is 2.95. The van der Waals surface area contributed by atoms with Gasteiger partial charge in [-0.25, -0.2) is 15.0 Å². The van der Waals surface area contributed by atoms with E-state index >= 15 is 0 Å². The summed E-state index contributed by atoms with van der Waals surface area (Å²) in [5, 5.41) is 0. The van der Waals surface area contributed by atoms with E-state index in [0.717, 1.165) is 65.4 Å². The molecule has 1 N–H and O–H groups in total. The molecule has 1 atom stereocenters. The Hall–Kier alpha value is -3.36. The summed E-state index contributed by atoms with van der Waals surface area (Å²) in [5.41, 5.74) is 5.35. The Morgan fingerprint density at radius 2 is 1.83 bits per heavy atom. The topological polar surface area (TPSA) is 79.7 Å². The van der Waals surface area contributed by atoms with E-state index in [0.29, 0.717) is 18.0 Å². The van der Waals surface area contributed by atoms with Crippen molar-refractivity contribution in [2.24, 2.45) is 0 Å². The number of aromatic nitrogens is 5. The Balaban J connectivity index is 1.29. The van der Waals surface area contributed by atoms with Crippen LogP contribution in [0.1, 0.15) is 55.4 Å². The van der Waals surface area contributed by atoms with Crippen LogP contribution in [-0.4, -0.2) is 42.5 Å². The molecule has 1 saturated heterocycles. The van der Waals surface area contributed by atoms with E-state index in [9.17, 15) is 4.79 Å². The van der Waals surface area contributed by atoms with Gasteiger partial charge in [0.05, 0.1) is 29.1 Å². The van der Waals surface area contributed by atoms with Crippen LogP contribution in [-0.2, 0) is 6.54 Å². The number of hydrogen-bond acceptors (Lipinski definition) is 6. The molecule has 8 heteroatoms. The predicted octanol–water partition coefficient (Wildman–Crippen LogP) is 5.11. The molecular formula is C27H28N6OS. The number of benzene rings is 2. The second kappa shape index (κ2) is 9.36. The lowest BCUT2D eigenvalue weighted by Gasteiger charge is -2.37. The maximum absolute atomic E-state index is 13.5. The summed E-state index contributed by atoms with van der Waals surface area (Å²) < 4.78 is 1.84. The van der Waals surface area contributed by atoms with Crippen LogP contribution in [0.5, 0.6) is 0 Å². The van der Waals surface area contributed by atoms with Crippen molar-refractivity contribution in [2.75, 3.05) is 13.1 Å². The van der Waals surface area contributed by atoms with Gasteiger partial charge in [0, 0.05) is 5.92 Å². The molecule has 4 heterocycles. The van der Waals surface area contributed by atoms with Gasteiger partial charge >= 0.3 is 0 Å². The first-order chi connectivity index (χ1) is 17.2. The van der Waals surface area contributed by atoms with Crippen LogP contribution in [0.4, 0.5) is 0 Å². The summed E-state index contributed by atoms with van der Waals surface area (Å²) in [4.78, 5) is 34.4. The van der Waals surface area contributed by atoms with Gasteiger partial charge in [0.1, 0.15) is 11.6 Å². The minimum absolute atomic E-state index is 0.0503. The maximum atomic E-state index is 13.5. The molecular weight excluding hydrogens is 456 g/mol. The van der Waals surface area contributed by atoms with E-state index in [1.807, 2.05) is 34.9 Å². The van der Waals surface area contributed by atoms with Gasteiger partial charge < -0.3 is 4.98 Å². The molecule has 178 valence electrons. The van der Waals surface area contributed by atoms with E-state index in [2.05, 4.69) is 46.1 Å². The molecule has 1 aliphatic heterocycles. The largest absolute Gasteiger partial charge is 0.342 e. The second-order valence-electron chi connectivity index (χ2n) is 9.23. The molecule has 5 aromatic rings. The van der Waals surface area contributed by atoms with E-state index in [4.69, 9.17) is 9.97 Å².